The fourth-order valence-electron chi connectivity index (χ4n) is 3.15. The number of hydrogen-bond acceptors (Lipinski definition) is 6. The first-order chi connectivity index (χ1) is 15.4. The fraction of sp³-hybridized carbons (Fsp3) is 0.130. The quantitative estimate of drug-likeness (QED) is 0.332. The Labute approximate surface area is 183 Å². The molecule has 0 aliphatic heterocycles. The Bertz CT molecular complexity index is 1260. The highest BCUT2D eigenvalue weighted by atomic mass is 16.6. The molecule has 0 aliphatic rings. The Morgan fingerprint density at radius 3 is 2.47 bits per heavy atom. The van der Waals surface area contributed by atoms with Crippen molar-refractivity contribution in [1.82, 2.24) is 10.2 Å². The van der Waals surface area contributed by atoms with Crippen molar-refractivity contribution in [3.05, 3.63) is 88.0 Å². The van der Waals surface area contributed by atoms with E-state index in [2.05, 4.69) is 15.5 Å². The van der Waals surface area contributed by atoms with Crippen molar-refractivity contribution >= 4 is 34.0 Å². The molecule has 0 atom stereocenters. The molecule has 0 bridgehead atoms. The average Bonchev–Trinajstić information content (AvgIpc) is 3.20. The zero-order chi connectivity index (χ0) is 22.7. The molecule has 0 radical (unpaired) electrons. The maximum atomic E-state index is 12.7. The molecule has 0 saturated heterocycles. The summed E-state index contributed by atoms with van der Waals surface area (Å²) in [5, 5.41) is 21.4. The molecule has 0 unspecified atom stereocenters. The molecule has 1 heterocycles. The number of nitro benzene ring substituents is 1. The van der Waals surface area contributed by atoms with Gasteiger partial charge in [0.25, 0.3) is 11.6 Å². The van der Waals surface area contributed by atoms with Gasteiger partial charge in [-0.15, -0.1) is 0 Å². The lowest BCUT2D eigenvalue weighted by molar-refractivity contribution is -0.384. The summed E-state index contributed by atoms with van der Waals surface area (Å²) in [6.45, 7) is 0.251. The van der Waals surface area contributed by atoms with Crippen molar-refractivity contribution in [1.29, 1.82) is 0 Å². The van der Waals surface area contributed by atoms with Crippen molar-refractivity contribution in [2.24, 2.45) is 0 Å². The van der Waals surface area contributed by atoms with E-state index in [-0.39, 0.29) is 18.2 Å². The van der Waals surface area contributed by atoms with Gasteiger partial charge in [0.05, 0.1) is 10.4 Å². The number of nitro groups is 1. The summed E-state index contributed by atoms with van der Waals surface area (Å²) in [5.41, 5.74) is 3.12. The van der Waals surface area contributed by atoms with Gasteiger partial charge >= 0.3 is 0 Å². The molecule has 9 heteroatoms. The topological polar surface area (TPSA) is 113 Å². The van der Waals surface area contributed by atoms with Crippen LogP contribution in [0.1, 0.15) is 15.9 Å². The standard InChI is InChI=1S/C23H21N5O4/c1-27(2)17-9-5-16(6-10-17)23(29)24-22-20-13-19(11-12-21(20)25-26-22)32-14-15-3-7-18(8-4-15)28(30)31/h3-13H,14H2,1-2H3,(H2,24,25,26,29). The molecule has 0 spiro atoms. The van der Waals surface area contributed by atoms with Gasteiger partial charge in [-0.3, -0.25) is 20.0 Å². The van der Waals surface area contributed by atoms with E-state index in [1.807, 2.05) is 37.2 Å². The van der Waals surface area contributed by atoms with E-state index in [0.29, 0.717) is 22.5 Å². The third-order valence-corrected chi connectivity index (χ3v) is 4.96. The Kier molecular flexibility index (Phi) is 5.71. The van der Waals surface area contributed by atoms with Crippen LogP contribution in [0.4, 0.5) is 17.2 Å². The molecule has 9 nitrogen and oxygen atoms in total. The predicted molar refractivity (Wildman–Crippen MR) is 122 cm³/mol. The van der Waals surface area contributed by atoms with Crippen LogP contribution >= 0.6 is 0 Å². The van der Waals surface area contributed by atoms with E-state index in [0.717, 1.165) is 16.8 Å². The van der Waals surface area contributed by atoms with E-state index in [1.54, 1.807) is 36.4 Å². The number of benzene rings is 3. The summed E-state index contributed by atoms with van der Waals surface area (Å²) in [5.74, 6) is 0.728. The number of H-pyrrole nitrogens is 1. The summed E-state index contributed by atoms with van der Waals surface area (Å²) in [7, 11) is 3.87. The number of nitrogens with zero attached hydrogens (tertiary/aromatic N) is 3. The lowest BCUT2D eigenvalue weighted by Gasteiger charge is -2.12. The van der Waals surface area contributed by atoms with Crippen LogP contribution < -0.4 is 15.0 Å². The Balaban J connectivity index is 1.47. The first kappa shape index (κ1) is 20.9. The maximum absolute atomic E-state index is 12.7. The zero-order valence-corrected chi connectivity index (χ0v) is 17.5. The number of carbonyl (C=O) groups excluding carboxylic acids is 1. The van der Waals surface area contributed by atoms with Gasteiger partial charge in [-0.2, -0.15) is 5.10 Å². The number of anilines is 2. The molecular weight excluding hydrogens is 410 g/mol. The Morgan fingerprint density at radius 2 is 1.81 bits per heavy atom. The van der Waals surface area contributed by atoms with Crippen LogP contribution in [0.5, 0.6) is 5.75 Å². The number of non-ortho nitro benzene ring substituents is 1. The summed E-state index contributed by atoms with van der Waals surface area (Å²) < 4.78 is 5.82. The number of fused-ring (bicyclic) bond motifs is 1. The molecule has 0 fully saturated rings. The minimum absolute atomic E-state index is 0.0327. The number of aromatic nitrogens is 2. The number of carbonyl (C=O) groups is 1. The molecule has 1 aromatic heterocycles. The highest BCUT2D eigenvalue weighted by Crippen LogP contribution is 2.26. The second kappa shape index (κ2) is 8.76. The molecule has 0 aliphatic carbocycles. The molecule has 32 heavy (non-hydrogen) atoms. The zero-order valence-electron chi connectivity index (χ0n) is 17.5. The largest absolute Gasteiger partial charge is 0.489 e. The van der Waals surface area contributed by atoms with Crippen LogP contribution in [0, 0.1) is 10.1 Å². The van der Waals surface area contributed by atoms with Crippen LogP contribution in [0.25, 0.3) is 10.9 Å². The third-order valence-electron chi connectivity index (χ3n) is 4.96. The number of amides is 1. The van der Waals surface area contributed by atoms with E-state index >= 15 is 0 Å². The highest BCUT2D eigenvalue weighted by molar-refractivity contribution is 6.08. The Morgan fingerprint density at radius 1 is 1.09 bits per heavy atom. The lowest BCUT2D eigenvalue weighted by Crippen LogP contribution is -2.13. The van der Waals surface area contributed by atoms with E-state index in [1.165, 1.54) is 12.1 Å². The second-order valence-corrected chi connectivity index (χ2v) is 7.39. The van der Waals surface area contributed by atoms with Crippen LogP contribution in [-0.2, 0) is 6.61 Å². The van der Waals surface area contributed by atoms with Gasteiger partial charge in [0.1, 0.15) is 12.4 Å². The lowest BCUT2D eigenvalue weighted by atomic mass is 10.2. The van der Waals surface area contributed by atoms with Gasteiger partial charge in [-0.05, 0) is 60.2 Å². The van der Waals surface area contributed by atoms with E-state index in [9.17, 15) is 14.9 Å². The summed E-state index contributed by atoms with van der Waals surface area (Å²) >= 11 is 0. The number of ether oxygens (including phenoxy) is 1. The molecule has 1 amide bonds. The molecular formula is C23H21N5O4. The van der Waals surface area contributed by atoms with Crippen LogP contribution in [0.15, 0.2) is 66.7 Å². The first-order valence-corrected chi connectivity index (χ1v) is 9.84. The van der Waals surface area contributed by atoms with Gasteiger partial charge in [0, 0.05) is 42.9 Å². The highest BCUT2D eigenvalue weighted by Gasteiger charge is 2.13. The van der Waals surface area contributed by atoms with Crippen molar-refractivity contribution in [2.75, 3.05) is 24.3 Å². The van der Waals surface area contributed by atoms with Crippen molar-refractivity contribution in [3.63, 3.8) is 0 Å². The summed E-state index contributed by atoms with van der Waals surface area (Å²) in [6, 6.07) is 18.9. The molecule has 4 aromatic rings. The normalized spacial score (nSPS) is 10.7. The molecule has 0 saturated carbocycles. The fourth-order valence-corrected chi connectivity index (χ4v) is 3.15. The van der Waals surface area contributed by atoms with Crippen molar-refractivity contribution in [3.8, 4) is 5.75 Å². The first-order valence-electron chi connectivity index (χ1n) is 9.84. The van der Waals surface area contributed by atoms with E-state index in [4.69, 9.17) is 4.74 Å². The van der Waals surface area contributed by atoms with Gasteiger partial charge in [-0.25, -0.2) is 0 Å². The predicted octanol–water partition coefficient (Wildman–Crippen LogP) is 4.37. The minimum atomic E-state index is -0.441. The molecule has 3 aromatic carbocycles. The number of hydrogen-bond donors (Lipinski definition) is 2. The van der Waals surface area contributed by atoms with Gasteiger partial charge in [-0.1, -0.05) is 0 Å². The molecule has 4 rings (SSSR count). The van der Waals surface area contributed by atoms with E-state index < -0.39 is 4.92 Å². The molecule has 2 N–H and O–H groups in total. The van der Waals surface area contributed by atoms with Crippen LogP contribution in [0.2, 0.25) is 0 Å². The maximum Gasteiger partial charge on any atom is 0.269 e. The average molecular weight is 431 g/mol. The minimum Gasteiger partial charge on any atom is -0.489 e. The molecule has 162 valence electrons. The van der Waals surface area contributed by atoms with Gasteiger partial charge < -0.3 is 15.0 Å². The monoisotopic (exact) mass is 431 g/mol. The number of aromatic amines is 1. The second-order valence-electron chi connectivity index (χ2n) is 7.39. The number of nitrogens with one attached hydrogen (secondary N) is 2. The smallest absolute Gasteiger partial charge is 0.269 e. The van der Waals surface area contributed by atoms with Crippen molar-refractivity contribution < 1.29 is 14.5 Å². The summed E-state index contributed by atoms with van der Waals surface area (Å²) in [4.78, 5) is 24.9. The van der Waals surface area contributed by atoms with Gasteiger partial charge in [0.2, 0.25) is 0 Å². The SMILES string of the molecule is CN(C)c1ccc(C(=O)Nc2n[nH]c3ccc(OCc4ccc([N+](=O)[O-])cc4)cc23)cc1. The summed E-state index contributed by atoms with van der Waals surface area (Å²) in [6.07, 6.45) is 0. The third kappa shape index (κ3) is 4.51. The van der Waals surface area contributed by atoms with Crippen LogP contribution in [0.3, 0.4) is 0 Å². The van der Waals surface area contributed by atoms with Gasteiger partial charge in [0.15, 0.2) is 5.82 Å². The Hall–Kier alpha value is -4.40. The van der Waals surface area contributed by atoms with Crippen molar-refractivity contribution in [2.45, 2.75) is 6.61 Å². The van der Waals surface area contributed by atoms with Crippen LogP contribution in [-0.4, -0.2) is 35.1 Å². The number of rotatable bonds is 7.